The maximum Gasteiger partial charge on any atom is 0.0897 e. The minimum absolute atomic E-state index is 0.0330. The van der Waals surface area contributed by atoms with Gasteiger partial charge in [-0.3, -0.25) is 0 Å². The third-order valence-electron chi connectivity index (χ3n) is 2.84. The molecular formula is C13H24N2O3S. The summed E-state index contributed by atoms with van der Waals surface area (Å²) in [6.07, 6.45) is 0.270. The van der Waals surface area contributed by atoms with Crippen molar-refractivity contribution in [3.05, 3.63) is 16.1 Å². The Morgan fingerprint density at radius 1 is 1.53 bits per heavy atom. The number of aliphatic hydroxyl groups is 2. The van der Waals surface area contributed by atoms with Crippen LogP contribution in [0.25, 0.3) is 0 Å². The van der Waals surface area contributed by atoms with Crippen molar-refractivity contribution in [1.29, 1.82) is 0 Å². The molecule has 0 spiro atoms. The molecule has 0 bridgehead atoms. The Bertz CT molecular complexity index is 369. The third-order valence-corrected chi connectivity index (χ3v) is 3.83. The second-order valence-electron chi connectivity index (χ2n) is 5.26. The topological polar surface area (TPSA) is 74.6 Å². The molecule has 0 saturated carbocycles. The fourth-order valence-corrected chi connectivity index (χ4v) is 2.22. The van der Waals surface area contributed by atoms with Crippen LogP contribution in [0.2, 0.25) is 0 Å². The number of nitrogens with zero attached hydrogens (tertiary/aromatic N) is 1. The van der Waals surface area contributed by atoms with Crippen molar-refractivity contribution >= 4 is 11.3 Å². The lowest BCUT2D eigenvalue weighted by atomic mass is 10.1. The van der Waals surface area contributed by atoms with Crippen molar-refractivity contribution in [2.45, 2.75) is 38.8 Å². The highest BCUT2D eigenvalue weighted by atomic mass is 32.1. The quantitative estimate of drug-likeness (QED) is 0.584. The average Bonchev–Trinajstić information content (AvgIpc) is 2.78. The predicted molar refractivity (Wildman–Crippen MR) is 76.5 cm³/mol. The van der Waals surface area contributed by atoms with Crippen molar-refractivity contribution < 1.29 is 14.9 Å². The van der Waals surface area contributed by atoms with Gasteiger partial charge < -0.3 is 20.3 Å². The second kappa shape index (κ2) is 7.91. The van der Waals surface area contributed by atoms with Crippen molar-refractivity contribution in [2.75, 3.05) is 26.4 Å². The van der Waals surface area contributed by atoms with E-state index in [-0.39, 0.29) is 12.1 Å². The second-order valence-corrected chi connectivity index (χ2v) is 6.20. The van der Waals surface area contributed by atoms with E-state index in [1.807, 2.05) is 26.3 Å². The van der Waals surface area contributed by atoms with Crippen LogP contribution in [0.1, 0.15) is 24.4 Å². The summed E-state index contributed by atoms with van der Waals surface area (Å²) in [6, 6.07) is 0. The Labute approximate surface area is 118 Å². The van der Waals surface area contributed by atoms with E-state index in [4.69, 9.17) is 9.84 Å². The number of ether oxygens (including phenoxy) is 1. The number of rotatable bonds is 9. The molecule has 0 aromatic carbocycles. The van der Waals surface area contributed by atoms with E-state index in [1.165, 1.54) is 4.88 Å². The summed E-state index contributed by atoms with van der Waals surface area (Å²) in [4.78, 5) is 5.41. The maximum absolute atomic E-state index is 9.74. The summed E-state index contributed by atoms with van der Waals surface area (Å²) in [6.45, 7) is 7.08. The van der Waals surface area contributed by atoms with Crippen molar-refractivity contribution in [1.82, 2.24) is 10.3 Å². The molecular weight excluding hydrogens is 264 g/mol. The Morgan fingerprint density at radius 3 is 2.84 bits per heavy atom. The van der Waals surface area contributed by atoms with Gasteiger partial charge in [-0.15, -0.1) is 11.3 Å². The molecule has 3 N–H and O–H groups in total. The molecule has 0 saturated heterocycles. The molecule has 0 aliphatic carbocycles. The zero-order valence-corrected chi connectivity index (χ0v) is 12.7. The van der Waals surface area contributed by atoms with Crippen LogP contribution in [0.3, 0.4) is 0 Å². The molecule has 19 heavy (non-hydrogen) atoms. The molecule has 1 aromatic rings. The number of β-amino-alcohol motifs (C(OH)–C–C–N with tert-alkyl or cyclic N) is 1. The van der Waals surface area contributed by atoms with Crippen LogP contribution in [0.5, 0.6) is 0 Å². The Hall–Kier alpha value is -0.530. The number of thiazole rings is 1. The van der Waals surface area contributed by atoms with E-state index in [0.29, 0.717) is 19.8 Å². The van der Waals surface area contributed by atoms with Crippen molar-refractivity contribution in [3.63, 3.8) is 0 Å². The number of nitrogens with one attached hydrogen (secondary N) is 1. The SMILES string of the molecule is Cc1ncsc1CCOCC(O)CNC(C)(C)CO. The number of aromatic nitrogens is 1. The van der Waals surface area contributed by atoms with Crippen molar-refractivity contribution in [2.24, 2.45) is 0 Å². The van der Waals surface area contributed by atoms with Crippen LogP contribution >= 0.6 is 11.3 Å². The molecule has 1 unspecified atom stereocenters. The standard InChI is InChI=1S/C13H24N2O3S/c1-10-12(19-9-14-10)4-5-18-7-11(17)6-15-13(2,3)8-16/h9,11,15-17H,4-8H2,1-3H3. The molecule has 5 nitrogen and oxygen atoms in total. The first-order chi connectivity index (χ1) is 8.94. The Balaban J connectivity index is 2.11. The lowest BCUT2D eigenvalue weighted by Gasteiger charge is -2.25. The van der Waals surface area contributed by atoms with Gasteiger partial charge in [0, 0.05) is 23.4 Å². The monoisotopic (exact) mass is 288 g/mol. The van der Waals surface area contributed by atoms with Gasteiger partial charge in [0.05, 0.1) is 37.1 Å². The van der Waals surface area contributed by atoms with Crippen LogP contribution in [-0.2, 0) is 11.2 Å². The number of hydrogen-bond acceptors (Lipinski definition) is 6. The molecule has 1 rings (SSSR count). The fourth-order valence-electron chi connectivity index (χ4n) is 1.46. The smallest absolute Gasteiger partial charge is 0.0897 e. The van der Waals surface area contributed by atoms with Crippen LogP contribution < -0.4 is 5.32 Å². The van der Waals surface area contributed by atoms with Crippen molar-refractivity contribution in [3.8, 4) is 0 Å². The molecule has 1 heterocycles. The molecule has 0 aliphatic rings. The van der Waals surface area contributed by atoms with E-state index in [0.717, 1.165) is 12.1 Å². The summed E-state index contributed by atoms with van der Waals surface area (Å²) < 4.78 is 5.45. The zero-order chi connectivity index (χ0) is 14.3. The normalized spacial score (nSPS) is 13.7. The first-order valence-electron chi connectivity index (χ1n) is 6.45. The zero-order valence-electron chi connectivity index (χ0n) is 11.8. The summed E-state index contributed by atoms with van der Waals surface area (Å²) in [5, 5.41) is 21.9. The van der Waals surface area contributed by atoms with E-state index >= 15 is 0 Å². The van der Waals surface area contributed by atoms with Crippen LogP contribution in [0.15, 0.2) is 5.51 Å². The first-order valence-corrected chi connectivity index (χ1v) is 7.33. The minimum atomic E-state index is -0.562. The molecule has 0 fully saturated rings. The molecule has 0 radical (unpaired) electrons. The molecule has 1 atom stereocenters. The van der Waals surface area contributed by atoms with Gasteiger partial charge >= 0.3 is 0 Å². The van der Waals surface area contributed by atoms with Gasteiger partial charge in [-0.25, -0.2) is 4.98 Å². The van der Waals surface area contributed by atoms with Gasteiger partial charge in [-0.1, -0.05) is 0 Å². The molecule has 1 aromatic heterocycles. The fraction of sp³-hybridized carbons (Fsp3) is 0.769. The Morgan fingerprint density at radius 2 is 2.26 bits per heavy atom. The van der Waals surface area contributed by atoms with Gasteiger partial charge in [-0.2, -0.15) is 0 Å². The summed E-state index contributed by atoms with van der Waals surface area (Å²) >= 11 is 1.63. The summed E-state index contributed by atoms with van der Waals surface area (Å²) in [5.41, 5.74) is 2.52. The van der Waals surface area contributed by atoms with Crippen LogP contribution in [0, 0.1) is 6.92 Å². The van der Waals surface area contributed by atoms with E-state index < -0.39 is 6.10 Å². The number of aliphatic hydroxyl groups excluding tert-OH is 2. The number of hydrogen-bond donors (Lipinski definition) is 3. The van der Waals surface area contributed by atoms with Gasteiger partial charge in [0.15, 0.2) is 0 Å². The predicted octanol–water partition coefficient (Wildman–Crippen LogP) is 0.732. The highest BCUT2D eigenvalue weighted by Crippen LogP contribution is 2.12. The van der Waals surface area contributed by atoms with Crippen LogP contribution in [-0.4, -0.2) is 53.2 Å². The lowest BCUT2D eigenvalue weighted by Crippen LogP contribution is -2.47. The van der Waals surface area contributed by atoms with Gasteiger partial charge in [0.2, 0.25) is 0 Å². The Kier molecular flexibility index (Phi) is 6.88. The van der Waals surface area contributed by atoms with Crippen LogP contribution in [0.4, 0.5) is 0 Å². The van der Waals surface area contributed by atoms with Gasteiger partial charge in [-0.05, 0) is 20.8 Å². The molecule has 6 heteroatoms. The van der Waals surface area contributed by atoms with E-state index in [9.17, 15) is 5.11 Å². The maximum atomic E-state index is 9.74. The minimum Gasteiger partial charge on any atom is -0.394 e. The summed E-state index contributed by atoms with van der Waals surface area (Å²) in [7, 11) is 0. The highest BCUT2D eigenvalue weighted by molar-refractivity contribution is 7.09. The lowest BCUT2D eigenvalue weighted by molar-refractivity contribution is 0.0325. The van der Waals surface area contributed by atoms with Gasteiger partial charge in [0.1, 0.15) is 0 Å². The summed E-state index contributed by atoms with van der Waals surface area (Å²) in [5.74, 6) is 0. The molecule has 0 amide bonds. The van der Waals surface area contributed by atoms with E-state index in [1.54, 1.807) is 11.3 Å². The molecule has 110 valence electrons. The van der Waals surface area contributed by atoms with Gasteiger partial charge in [0.25, 0.3) is 0 Å². The first kappa shape index (κ1) is 16.5. The molecule has 0 aliphatic heterocycles. The highest BCUT2D eigenvalue weighted by Gasteiger charge is 2.17. The van der Waals surface area contributed by atoms with E-state index in [2.05, 4.69) is 10.3 Å². The largest absolute Gasteiger partial charge is 0.394 e. The average molecular weight is 288 g/mol. The number of aryl methyl sites for hydroxylation is 1. The third kappa shape index (κ3) is 6.44.